The monoisotopic (exact) mass is 634 g/mol. The van der Waals surface area contributed by atoms with Gasteiger partial charge in [0.15, 0.2) is 5.78 Å². The van der Waals surface area contributed by atoms with E-state index in [0.29, 0.717) is 5.39 Å². The molecule has 208 valence electrons. The molecule has 1 unspecified atom stereocenters. The van der Waals surface area contributed by atoms with Crippen LogP contribution < -0.4 is 4.74 Å². The second-order valence-corrected chi connectivity index (χ2v) is 8.71. The Hall–Kier alpha value is -3.48. The Labute approximate surface area is 219 Å². The van der Waals surface area contributed by atoms with Crippen molar-refractivity contribution >= 4 is 32.6 Å². The van der Waals surface area contributed by atoms with Gasteiger partial charge in [-0.25, -0.2) is 9.37 Å². The number of alkyl halides is 11. The molecule has 0 aliphatic rings. The third kappa shape index (κ3) is 5.49. The summed E-state index contributed by atoms with van der Waals surface area (Å²) in [5, 5.41) is 9.24. The van der Waals surface area contributed by atoms with Crippen molar-refractivity contribution in [3.63, 3.8) is 0 Å². The van der Waals surface area contributed by atoms with Crippen molar-refractivity contribution in [2.24, 2.45) is 0 Å². The number of carbonyl (C=O) groups excluding carboxylic acids is 1. The first-order valence-corrected chi connectivity index (χ1v) is 10.9. The van der Waals surface area contributed by atoms with Crippen LogP contribution in [-0.4, -0.2) is 35.7 Å². The van der Waals surface area contributed by atoms with Crippen LogP contribution in [0.4, 0.5) is 48.3 Å². The van der Waals surface area contributed by atoms with Gasteiger partial charge in [0.2, 0.25) is 0 Å². The Kier molecular flexibility index (Phi) is 7.90. The summed E-state index contributed by atoms with van der Waals surface area (Å²) < 4.78 is 151. The van der Waals surface area contributed by atoms with Gasteiger partial charge in [-0.2, -0.15) is 49.2 Å². The topological polar surface area (TPSA) is 63.0 Å². The minimum atomic E-state index is -7.05. The highest BCUT2D eigenvalue weighted by atomic mass is 79.9. The van der Waals surface area contributed by atoms with Crippen LogP contribution in [-0.2, 0) is 12.1 Å². The lowest BCUT2D eigenvalue weighted by Gasteiger charge is -2.36. The van der Waals surface area contributed by atoms with Crippen LogP contribution >= 0.6 is 15.9 Å². The number of carbonyl (C=O) groups is 1. The predicted octanol–water partition coefficient (Wildman–Crippen LogP) is 7.82. The summed E-state index contributed by atoms with van der Waals surface area (Å²) in [4.78, 5) is 16.8. The van der Waals surface area contributed by atoms with E-state index in [0.717, 1.165) is 0 Å². The van der Waals surface area contributed by atoms with Crippen molar-refractivity contribution in [3.8, 4) is 11.8 Å². The van der Waals surface area contributed by atoms with E-state index in [1.807, 2.05) is 0 Å². The zero-order valence-corrected chi connectivity index (χ0v) is 20.2. The van der Waals surface area contributed by atoms with E-state index in [9.17, 15) is 53.1 Å². The molecule has 0 amide bonds. The van der Waals surface area contributed by atoms with Crippen LogP contribution in [0.1, 0.15) is 27.2 Å². The number of fused-ring (bicyclic) bond motifs is 1. The van der Waals surface area contributed by atoms with E-state index in [-0.39, 0.29) is 28.9 Å². The van der Waals surface area contributed by atoms with Gasteiger partial charge < -0.3 is 4.74 Å². The molecule has 3 aromatic rings. The number of hydrogen-bond donors (Lipinski definition) is 0. The van der Waals surface area contributed by atoms with E-state index >= 15 is 0 Å². The van der Waals surface area contributed by atoms with Crippen LogP contribution in [0.5, 0.6) is 5.75 Å². The van der Waals surface area contributed by atoms with Crippen LogP contribution in [0.3, 0.4) is 0 Å². The normalized spacial score (nSPS) is 14.3. The highest BCUT2D eigenvalue weighted by Crippen LogP contribution is 2.59. The molecule has 0 radical (unpaired) electrons. The molecule has 0 spiro atoms. The molecule has 0 aliphatic heterocycles. The number of Topliss-reactive ketones (excluding diaryl/α,β-unsaturated/α-hetero) is 1. The Morgan fingerprint density at radius 3 is 2.13 bits per heavy atom. The third-order valence-electron chi connectivity index (χ3n) is 5.41. The maximum absolute atomic E-state index is 14.9. The lowest BCUT2D eigenvalue weighted by Crippen LogP contribution is -2.59. The van der Waals surface area contributed by atoms with Crippen molar-refractivity contribution in [2.45, 2.75) is 37.0 Å². The van der Waals surface area contributed by atoms with Gasteiger partial charge in [-0.05, 0) is 42.5 Å². The molecule has 2 aromatic carbocycles. The first-order valence-electron chi connectivity index (χ1n) is 10.2. The van der Waals surface area contributed by atoms with E-state index in [1.54, 1.807) is 6.07 Å². The molecular weight excluding hydrogens is 625 g/mol. The molecule has 16 heteroatoms. The van der Waals surface area contributed by atoms with E-state index in [2.05, 4.69) is 25.7 Å². The number of benzene rings is 2. The number of pyridine rings is 1. The quantitative estimate of drug-likeness (QED) is 0.196. The maximum atomic E-state index is 14.9. The van der Waals surface area contributed by atoms with E-state index in [1.165, 1.54) is 30.3 Å². The fourth-order valence-electron chi connectivity index (χ4n) is 3.53. The number of halogens is 12. The number of aromatic nitrogens is 1. The van der Waals surface area contributed by atoms with Crippen molar-refractivity contribution in [1.82, 2.24) is 4.98 Å². The lowest BCUT2D eigenvalue weighted by atomic mass is 9.86. The molecule has 0 N–H and O–H groups in total. The Morgan fingerprint density at radius 1 is 0.949 bits per heavy atom. The van der Waals surface area contributed by atoms with Gasteiger partial charge in [-0.3, -0.25) is 4.79 Å². The molecule has 0 saturated carbocycles. The SMILES string of the molecule is N#Cc1ccc2cc(C(=O)Cc3c(Br)cc(C(F)(C(F)(F)F)C(F)(F)C(F)(F)F)cc3OC(F)F)ccc2n1. The fraction of sp³-hybridized carbons (Fsp3) is 0.261. The summed E-state index contributed by atoms with van der Waals surface area (Å²) in [5.41, 5.74) is -9.28. The molecular formula is C23H10BrF11N2O2. The van der Waals surface area contributed by atoms with Gasteiger partial charge in [0.25, 0.3) is 0 Å². The Balaban J connectivity index is 2.13. The van der Waals surface area contributed by atoms with Gasteiger partial charge in [-0.15, -0.1) is 0 Å². The highest BCUT2D eigenvalue weighted by molar-refractivity contribution is 9.10. The number of nitriles is 1. The molecule has 1 atom stereocenters. The van der Waals surface area contributed by atoms with Crippen molar-refractivity contribution in [3.05, 3.63) is 69.3 Å². The van der Waals surface area contributed by atoms with Gasteiger partial charge in [-0.1, -0.05) is 15.9 Å². The summed E-state index contributed by atoms with van der Waals surface area (Å²) in [6.45, 7) is -3.86. The van der Waals surface area contributed by atoms with Gasteiger partial charge in [0.05, 0.1) is 5.52 Å². The smallest absolute Gasteiger partial charge is 0.434 e. The zero-order valence-electron chi connectivity index (χ0n) is 18.6. The Bertz CT molecular complexity index is 1470. The molecule has 3 rings (SSSR count). The van der Waals surface area contributed by atoms with Crippen molar-refractivity contribution in [2.75, 3.05) is 0 Å². The molecule has 39 heavy (non-hydrogen) atoms. The maximum Gasteiger partial charge on any atom is 0.457 e. The summed E-state index contributed by atoms with van der Waals surface area (Å²) in [5.74, 6) is -9.40. The average molecular weight is 635 g/mol. The molecule has 1 heterocycles. The minimum Gasteiger partial charge on any atom is -0.434 e. The number of hydrogen-bond acceptors (Lipinski definition) is 4. The third-order valence-corrected chi connectivity index (χ3v) is 6.12. The van der Waals surface area contributed by atoms with Crippen LogP contribution in [0.2, 0.25) is 0 Å². The molecule has 4 nitrogen and oxygen atoms in total. The van der Waals surface area contributed by atoms with Gasteiger partial charge in [0, 0.05) is 33.0 Å². The van der Waals surface area contributed by atoms with Crippen molar-refractivity contribution in [1.29, 1.82) is 5.26 Å². The molecule has 1 aromatic heterocycles. The first-order chi connectivity index (χ1) is 17.8. The van der Waals surface area contributed by atoms with E-state index < -0.39 is 64.1 Å². The fourth-order valence-corrected chi connectivity index (χ4v) is 4.11. The number of ketones is 1. The average Bonchev–Trinajstić information content (AvgIpc) is 2.82. The molecule has 0 aliphatic carbocycles. The molecule has 0 bridgehead atoms. The standard InChI is InChI=1S/C23H10BrF11N2O2/c24-15-6-12(20(27,22(30,31)32)21(28,29)23(33,34)35)7-18(39-19(25)26)14(15)8-17(38)11-2-4-16-10(5-11)1-3-13(9-36)37-16/h1-7,19H,8H2. The largest absolute Gasteiger partial charge is 0.457 e. The Morgan fingerprint density at radius 2 is 1.59 bits per heavy atom. The number of nitrogens with zero attached hydrogens (tertiary/aromatic N) is 2. The van der Waals surface area contributed by atoms with Crippen LogP contribution in [0.15, 0.2) is 46.9 Å². The molecule has 0 fully saturated rings. The zero-order chi connectivity index (χ0) is 29.6. The molecule has 0 saturated heterocycles. The van der Waals surface area contributed by atoms with Gasteiger partial charge in [0.1, 0.15) is 17.5 Å². The van der Waals surface area contributed by atoms with Crippen molar-refractivity contribution < 1.29 is 57.8 Å². The number of ether oxygens (including phenoxy) is 1. The number of rotatable bonds is 7. The van der Waals surface area contributed by atoms with Crippen LogP contribution in [0, 0.1) is 11.3 Å². The summed E-state index contributed by atoms with van der Waals surface area (Å²) in [6.07, 6.45) is -14.9. The highest BCUT2D eigenvalue weighted by Gasteiger charge is 2.81. The summed E-state index contributed by atoms with van der Waals surface area (Å²) >= 11 is 2.54. The lowest BCUT2D eigenvalue weighted by molar-refractivity contribution is -0.389. The second-order valence-electron chi connectivity index (χ2n) is 7.86. The van der Waals surface area contributed by atoms with Gasteiger partial charge >= 0.3 is 30.6 Å². The van der Waals surface area contributed by atoms with E-state index in [4.69, 9.17) is 5.26 Å². The second kappa shape index (κ2) is 10.2. The summed E-state index contributed by atoms with van der Waals surface area (Å²) in [6, 6.07) is 7.81. The predicted molar refractivity (Wildman–Crippen MR) is 115 cm³/mol. The minimum absolute atomic E-state index is 0.0540. The summed E-state index contributed by atoms with van der Waals surface area (Å²) in [7, 11) is 0. The van der Waals surface area contributed by atoms with Crippen LogP contribution in [0.25, 0.3) is 10.9 Å². The first kappa shape index (κ1) is 30.1.